The van der Waals surface area contributed by atoms with Crippen LogP contribution in [-0.2, 0) is 4.79 Å². The highest BCUT2D eigenvalue weighted by atomic mass is 19.3. The molecule has 1 heterocycles. The lowest BCUT2D eigenvalue weighted by Crippen LogP contribution is -2.50. The van der Waals surface area contributed by atoms with Gasteiger partial charge in [0.2, 0.25) is 11.8 Å². The molecule has 2 fully saturated rings. The van der Waals surface area contributed by atoms with Crippen molar-refractivity contribution in [2.24, 2.45) is 17.6 Å². The van der Waals surface area contributed by atoms with Crippen LogP contribution in [-0.4, -0.2) is 35.9 Å². The molecule has 0 bridgehead atoms. The Hall–Kier alpha value is -0.710. The summed E-state index contributed by atoms with van der Waals surface area (Å²) in [6, 6.07) is 0.157. The van der Waals surface area contributed by atoms with Gasteiger partial charge in [-0.3, -0.25) is 4.79 Å². The van der Waals surface area contributed by atoms with Gasteiger partial charge in [0.25, 0.3) is 0 Å². The monoisotopic (exact) mass is 260 g/mol. The second kappa shape index (κ2) is 5.11. The number of alkyl halides is 2. The van der Waals surface area contributed by atoms with E-state index < -0.39 is 5.92 Å². The maximum atomic E-state index is 13.1. The summed E-state index contributed by atoms with van der Waals surface area (Å²) in [5, 5.41) is 0. The smallest absolute Gasteiger partial charge is 0.248 e. The van der Waals surface area contributed by atoms with E-state index in [4.69, 9.17) is 5.73 Å². The molecule has 2 aliphatic rings. The van der Waals surface area contributed by atoms with Crippen molar-refractivity contribution in [3.8, 4) is 0 Å². The summed E-state index contributed by atoms with van der Waals surface area (Å²) >= 11 is 0. The lowest BCUT2D eigenvalue weighted by Gasteiger charge is -2.38. The molecule has 1 amide bonds. The molecule has 0 aromatic rings. The lowest BCUT2D eigenvalue weighted by atomic mass is 9.85. The minimum Gasteiger partial charge on any atom is -0.342 e. The topological polar surface area (TPSA) is 46.3 Å². The molecule has 104 valence electrons. The third-order valence-electron chi connectivity index (χ3n) is 4.35. The van der Waals surface area contributed by atoms with Gasteiger partial charge in [-0.1, -0.05) is 6.92 Å². The molecule has 18 heavy (non-hydrogen) atoms. The van der Waals surface area contributed by atoms with Crippen molar-refractivity contribution in [1.82, 2.24) is 4.90 Å². The van der Waals surface area contributed by atoms with E-state index >= 15 is 0 Å². The van der Waals surface area contributed by atoms with Crippen molar-refractivity contribution in [3.05, 3.63) is 0 Å². The van der Waals surface area contributed by atoms with Crippen LogP contribution in [0.5, 0.6) is 0 Å². The Balaban J connectivity index is 1.88. The number of amides is 1. The molecule has 2 rings (SSSR count). The highest BCUT2D eigenvalue weighted by Crippen LogP contribution is 2.37. The Bertz CT molecular complexity index is 312. The highest BCUT2D eigenvalue weighted by Gasteiger charge is 2.39. The second-order valence-electron chi connectivity index (χ2n) is 5.84. The van der Waals surface area contributed by atoms with Crippen molar-refractivity contribution in [2.45, 2.75) is 51.0 Å². The van der Waals surface area contributed by atoms with Gasteiger partial charge >= 0.3 is 0 Å². The van der Waals surface area contributed by atoms with E-state index in [1.807, 2.05) is 11.8 Å². The number of halogens is 2. The van der Waals surface area contributed by atoms with E-state index in [9.17, 15) is 13.6 Å². The maximum Gasteiger partial charge on any atom is 0.248 e. The molecule has 3 nitrogen and oxygen atoms in total. The van der Waals surface area contributed by atoms with E-state index in [1.54, 1.807) is 0 Å². The first-order chi connectivity index (χ1) is 8.39. The molecule has 0 aromatic carbocycles. The van der Waals surface area contributed by atoms with Crippen LogP contribution in [0, 0.1) is 11.8 Å². The van der Waals surface area contributed by atoms with Crippen LogP contribution in [0.15, 0.2) is 0 Å². The molecule has 1 saturated heterocycles. The van der Waals surface area contributed by atoms with E-state index in [-0.39, 0.29) is 30.7 Å². The number of likely N-dealkylation sites (tertiary alicyclic amines) is 1. The van der Waals surface area contributed by atoms with Gasteiger partial charge in [0, 0.05) is 37.9 Å². The Morgan fingerprint density at radius 2 is 1.89 bits per heavy atom. The van der Waals surface area contributed by atoms with Gasteiger partial charge in [-0.15, -0.1) is 0 Å². The third kappa shape index (κ3) is 2.99. The van der Waals surface area contributed by atoms with Gasteiger partial charge in [-0.25, -0.2) is 8.78 Å². The number of nitrogens with zero attached hydrogens (tertiary/aromatic N) is 1. The molecule has 0 aromatic heterocycles. The van der Waals surface area contributed by atoms with Gasteiger partial charge in [-0.2, -0.15) is 0 Å². The van der Waals surface area contributed by atoms with Crippen LogP contribution < -0.4 is 5.73 Å². The Labute approximate surface area is 107 Å². The fraction of sp³-hybridized carbons (Fsp3) is 0.923. The van der Waals surface area contributed by atoms with E-state index in [0.717, 1.165) is 6.42 Å². The molecule has 1 saturated carbocycles. The van der Waals surface area contributed by atoms with E-state index in [0.29, 0.717) is 31.8 Å². The van der Waals surface area contributed by atoms with Gasteiger partial charge in [-0.05, 0) is 25.2 Å². The quantitative estimate of drug-likeness (QED) is 0.784. The SMILES string of the molecule is CC1CN(C(=O)C2CCC(F)(F)CC2)CCC1N. The first-order valence-electron chi connectivity index (χ1n) is 6.81. The molecular weight excluding hydrogens is 238 g/mol. The number of piperidine rings is 1. The average Bonchev–Trinajstić information content (AvgIpc) is 2.32. The van der Waals surface area contributed by atoms with Crippen LogP contribution in [0.1, 0.15) is 39.0 Å². The highest BCUT2D eigenvalue weighted by molar-refractivity contribution is 5.79. The maximum absolute atomic E-state index is 13.1. The van der Waals surface area contributed by atoms with Crippen molar-refractivity contribution < 1.29 is 13.6 Å². The molecule has 5 heteroatoms. The van der Waals surface area contributed by atoms with Crippen molar-refractivity contribution in [2.75, 3.05) is 13.1 Å². The molecule has 1 aliphatic carbocycles. The molecule has 2 atom stereocenters. The largest absolute Gasteiger partial charge is 0.342 e. The molecular formula is C13H22F2N2O. The summed E-state index contributed by atoms with van der Waals surface area (Å²) in [4.78, 5) is 14.1. The third-order valence-corrected chi connectivity index (χ3v) is 4.35. The predicted molar refractivity (Wildman–Crippen MR) is 65.2 cm³/mol. The summed E-state index contributed by atoms with van der Waals surface area (Å²) in [7, 11) is 0. The van der Waals surface area contributed by atoms with Crippen molar-refractivity contribution in [1.29, 1.82) is 0 Å². The normalized spacial score (nSPS) is 33.4. The predicted octanol–water partition coefficient (Wildman–Crippen LogP) is 2.01. The first kappa shape index (κ1) is 13.7. The average molecular weight is 260 g/mol. The minimum absolute atomic E-state index is 0.0595. The van der Waals surface area contributed by atoms with Crippen molar-refractivity contribution >= 4 is 5.91 Å². The minimum atomic E-state index is -2.56. The van der Waals surface area contributed by atoms with Crippen molar-refractivity contribution in [3.63, 3.8) is 0 Å². The standard InChI is InChI=1S/C13H22F2N2O/c1-9-8-17(7-4-11(9)16)12(18)10-2-5-13(14,15)6-3-10/h9-11H,2-8,16H2,1H3. The summed E-state index contributed by atoms with van der Waals surface area (Å²) in [6.45, 7) is 3.39. The van der Waals surface area contributed by atoms with Crippen LogP contribution in [0.25, 0.3) is 0 Å². The molecule has 2 unspecified atom stereocenters. The summed E-state index contributed by atoms with van der Waals surface area (Å²) in [6.07, 6.45) is 1.17. The number of rotatable bonds is 1. The summed E-state index contributed by atoms with van der Waals surface area (Å²) in [5.74, 6) is -2.41. The number of nitrogens with two attached hydrogens (primary N) is 1. The zero-order valence-corrected chi connectivity index (χ0v) is 10.9. The van der Waals surface area contributed by atoms with Crippen LogP contribution in [0.4, 0.5) is 8.78 Å². The lowest BCUT2D eigenvalue weighted by molar-refractivity contribution is -0.141. The van der Waals surface area contributed by atoms with E-state index in [2.05, 4.69) is 0 Å². The Morgan fingerprint density at radius 1 is 1.28 bits per heavy atom. The second-order valence-corrected chi connectivity index (χ2v) is 5.84. The fourth-order valence-electron chi connectivity index (χ4n) is 2.91. The van der Waals surface area contributed by atoms with Gasteiger partial charge in [0.1, 0.15) is 0 Å². The zero-order valence-electron chi connectivity index (χ0n) is 10.9. The first-order valence-corrected chi connectivity index (χ1v) is 6.81. The number of hydrogen-bond donors (Lipinski definition) is 1. The number of hydrogen-bond acceptors (Lipinski definition) is 2. The Morgan fingerprint density at radius 3 is 2.44 bits per heavy atom. The van der Waals surface area contributed by atoms with Crippen LogP contribution in [0.2, 0.25) is 0 Å². The fourth-order valence-corrected chi connectivity index (χ4v) is 2.91. The van der Waals surface area contributed by atoms with E-state index in [1.165, 1.54) is 0 Å². The summed E-state index contributed by atoms with van der Waals surface area (Å²) in [5.41, 5.74) is 5.92. The van der Waals surface area contributed by atoms with Gasteiger partial charge in [0.15, 0.2) is 0 Å². The summed E-state index contributed by atoms with van der Waals surface area (Å²) < 4.78 is 26.1. The Kier molecular flexibility index (Phi) is 3.90. The zero-order chi connectivity index (χ0) is 13.3. The molecule has 0 spiro atoms. The molecule has 2 N–H and O–H groups in total. The van der Waals surface area contributed by atoms with Crippen LogP contribution in [0.3, 0.4) is 0 Å². The van der Waals surface area contributed by atoms with Crippen LogP contribution >= 0.6 is 0 Å². The number of carbonyl (C=O) groups is 1. The molecule has 0 radical (unpaired) electrons. The van der Waals surface area contributed by atoms with Gasteiger partial charge in [0.05, 0.1) is 0 Å². The number of carbonyl (C=O) groups excluding carboxylic acids is 1. The molecule has 1 aliphatic heterocycles. The van der Waals surface area contributed by atoms with Gasteiger partial charge < -0.3 is 10.6 Å².